The zero-order valence-corrected chi connectivity index (χ0v) is 7.30. The maximum absolute atomic E-state index is 9.35. The molecule has 0 aromatic rings. The highest BCUT2D eigenvalue weighted by Crippen LogP contribution is 2.20. The molecule has 68 valence electrons. The summed E-state index contributed by atoms with van der Waals surface area (Å²) in [4.78, 5) is 0. The summed E-state index contributed by atoms with van der Waals surface area (Å²) in [6.45, 7) is 2.56. The van der Waals surface area contributed by atoms with Gasteiger partial charge in [0, 0.05) is 17.8 Å². The molecule has 12 heavy (non-hydrogen) atoms. The smallest absolute Gasteiger partial charge is 0.116 e. The summed E-state index contributed by atoms with van der Waals surface area (Å²) in [5.41, 5.74) is 1.94. The number of hydrogen-bond acceptors (Lipinski definition) is 3. The van der Waals surface area contributed by atoms with Crippen LogP contribution in [0.15, 0.2) is 23.1 Å². The molecule has 1 aliphatic carbocycles. The van der Waals surface area contributed by atoms with Gasteiger partial charge in [-0.2, -0.15) is 0 Å². The Morgan fingerprint density at radius 2 is 2.33 bits per heavy atom. The van der Waals surface area contributed by atoms with Crippen LogP contribution in [0.25, 0.3) is 0 Å². The fourth-order valence-electron chi connectivity index (χ4n) is 1.28. The summed E-state index contributed by atoms with van der Waals surface area (Å²) in [6.07, 6.45) is 3.62. The van der Waals surface area contributed by atoms with E-state index in [9.17, 15) is 5.11 Å². The van der Waals surface area contributed by atoms with Crippen molar-refractivity contribution < 1.29 is 10.2 Å². The van der Waals surface area contributed by atoms with Gasteiger partial charge in [0.2, 0.25) is 0 Å². The van der Waals surface area contributed by atoms with Crippen LogP contribution < -0.4 is 5.32 Å². The average Bonchev–Trinajstić information content (AvgIpc) is 2.08. The molecule has 0 saturated carbocycles. The van der Waals surface area contributed by atoms with E-state index >= 15 is 0 Å². The van der Waals surface area contributed by atoms with E-state index < -0.39 is 0 Å². The number of aliphatic hydroxyl groups is 2. The number of rotatable bonds is 3. The van der Waals surface area contributed by atoms with Crippen LogP contribution in [0.4, 0.5) is 0 Å². The monoisotopic (exact) mass is 169 g/mol. The van der Waals surface area contributed by atoms with Crippen LogP contribution in [0.1, 0.15) is 19.8 Å². The van der Waals surface area contributed by atoms with Gasteiger partial charge in [-0.3, -0.25) is 0 Å². The summed E-state index contributed by atoms with van der Waals surface area (Å²) in [5.74, 6) is 0.363. The van der Waals surface area contributed by atoms with Gasteiger partial charge < -0.3 is 15.5 Å². The predicted octanol–water partition coefficient (Wildman–Crippen LogP) is 1.08. The third-order valence-electron chi connectivity index (χ3n) is 2.02. The maximum Gasteiger partial charge on any atom is 0.116 e. The Hall–Kier alpha value is -0.960. The molecule has 0 atom stereocenters. The third-order valence-corrected chi connectivity index (χ3v) is 2.02. The highest BCUT2D eigenvalue weighted by atomic mass is 16.3. The molecule has 3 N–H and O–H groups in total. The average molecular weight is 169 g/mol. The van der Waals surface area contributed by atoms with E-state index in [1.54, 1.807) is 0 Å². The van der Waals surface area contributed by atoms with Gasteiger partial charge in [-0.1, -0.05) is 0 Å². The van der Waals surface area contributed by atoms with Gasteiger partial charge >= 0.3 is 0 Å². The molecule has 0 aromatic carbocycles. The van der Waals surface area contributed by atoms with Gasteiger partial charge in [-0.25, -0.2) is 0 Å². The second-order valence-corrected chi connectivity index (χ2v) is 2.88. The highest BCUT2D eigenvalue weighted by Gasteiger charge is 2.09. The van der Waals surface area contributed by atoms with Crippen molar-refractivity contribution in [2.45, 2.75) is 19.8 Å². The van der Waals surface area contributed by atoms with E-state index in [1.807, 2.05) is 13.0 Å². The van der Waals surface area contributed by atoms with Crippen molar-refractivity contribution in [2.75, 3.05) is 13.2 Å². The van der Waals surface area contributed by atoms with Crippen molar-refractivity contribution >= 4 is 0 Å². The van der Waals surface area contributed by atoms with Crippen molar-refractivity contribution in [2.24, 2.45) is 0 Å². The van der Waals surface area contributed by atoms with E-state index in [0.29, 0.717) is 12.3 Å². The van der Waals surface area contributed by atoms with Crippen LogP contribution >= 0.6 is 0 Å². The lowest BCUT2D eigenvalue weighted by Gasteiger charge is -2.16. The molecular weight excluding hydrogens is 154 g/mol. The molecule has 3 heteroatoms. The van der Waals surface area contributed by atoms with Crippen molar-refractivity contribution in [3.63, 3.8) is 0 Å². The van der Waals surface area contributed by atoms with E-state index in [-0.39, 0.29) is 6.61 Å². The van der Waals surface area contributed by atoms with Crippen LogP contribution in [0.2, 0.25) is 0 Å². The van der Waals surface area contributed by atoms with Crippen LogP contribution in [0, 0.1) is 0 Å². The second kappa shape index (κ2) is 4.16. The maximum atomic E-state index is 9.35. The molecule has 1 aliphatic rings. The summed E-state index contributed by atoms with van der Waals surface area (Å²) in [6, 6.07) is 0. The predicted molar refractivity (Wildman–Crippen MR) is 47.7 cm³/mol. The molecule has 0 saturated heterocycles. The second-order valence-electron chi connectivity index (χ2n) is 2.88. The van der Waals surface area contributed by atoms with Gasteiger partial charge in [0.15, 0.2) is 0 Å². The zero-order chi connectivity index (χ0) is 8.97. The zero-order valence-electron chi connectivity index (χ0n) is 7.30. The standard InChI is InChI=1S/C9H15NO2/c1-7-8(10-5-6-11)3-2-4-9(7)12/h4,10-12H,2-3,5-6H2,1H3. The Kier molecular flexibility index (Phi) is 3.17. The molecule has 1 rings (SSSR count). The normalized spacial score (nSPS) is 17.7. The molecule has 3 nitrogen and oxygen atoms in total. The first-order valence-corrected chi connectivity index (χ1v) is 4.19. The van der Waals surface area contributed by atoms with Crippen molar-refractivity contribution in [3.8, 4) is 0 Å². The van der Waals surface area contributed by atoms with E-state index in [0.717, 1.165) is 24.1 Å². The lowest BCUT2D eigenvalue weighted by Crippen LogP contribution is -2.20. The molecule has 0 aromatic heterocycles. The van der Waals surface area contributed by atoms with Gasteiger partial charge in [0.05, 0.1) is 6.61 Å². The number of allylic oxidation sites excluding steroid dienone is 3. The molecule has 0 heterocycles. The first kappa shape index (κ1) is 9.13. The summed E-state index contributed by atoms with van der Waals surface area (Å²) in [7, 11) is 0. The highest BCUT2D eigenvalue weighted by molar-refractivity contribution is 5.31. The van der Waals surface area contributed by atoms with E-state index in [1.165, 1.54) is 0 Å². The summed E-state index contributed by atoms with van der Waals surface area (Å²) in [5, 5.41) is 21.0. The molecule has 0 amide bonds. The summed E-state index contributed by atoms with van der Waals surface area (Å²) >= 11 is 0. The van der Waals surface area contributed by atoms with Gasteiger partial charge in [-0.05, 0) is 25.8 Å². The van der Waals surface area contributed by atoms with Crippen molar-refractivity contribution in [1.82, 2.24) is 5.32 Å². The first-order valence-electron chi connectivity index (χ1n) is 4.19. The van der Waals surface area contributed by atoms with Crippen LogP contribution in [0.3, 0.4) is 0 Å². The largest absolute Gasteiger partial charge is 0.508 e. The summed E-state index contributed by atoms with van der Waals surface area (Å²) < 4.78 is 0. The minimum absolute atomic E-state index is 0.126. The van der Waals surface area contributed by atoms with Crippen LogP contribution in [-0.4, -0.2) is 23.4 Å². The molecule has 0 aliphatic heterocycles. The Balaban J connectivity index is 2.60. The Labute approximate surface area is 72.4 Å². The molecule has 0 unspecified atom stereocenters. The minimum Gasteiger partial charge on any atom is -0.508 e. The van der Waals surface area contributed by atoms with Gasteiger partial charge in [0.25, 0.3) is 0 Å². The Bertz CT molecular complexity index is 219. The van der Waals surface area contributed by atoms with Crippen LogP contribution in [-0.2, 0) is 0 Å². The third kappa shape index (κ3) is 2.01. The Morgan fingerprint density at radius 3 is 3.00 bits per heavy atom. The van der Waals surface area contributed by atoms with E-state index in [2.05, 4.69) is 5.32 Å². The lowest BCUT2D eigenvalue weighted by atomic mass is 10.0. The molecule has 0 fully saturated rings. The van der Waals surface area contributed by atoms with E-state index in [4.69, 9.17) is 5.11 Å². The topological polar surface area (TPSA) is 52.5 Å². The molecule has 0 spiro atoms. The van der Waals surface area contributed by atoms with Gasteiger partial charge in [-0.15, -0.1) is 0 Å². The fraction of sp³-hybridized carbons (Fsp3) is 0.556. The molecule has 0 bridgehead atoms. The SMILES string of the molecule is CC1=C(NCCO)CCC=C1O. The minimum atomic E-state index is 0.126. The first-order chi connectivity index (χ1) is 5.75. The molecule has 0 radical (unpaired) electrons. The van der Waals surface area contributed by atoms with Crippen molar-refractivity contribution in [3.05, 3.63) is 23.1 Å². The lowest BCUT2D eigenvalue weighted by molar-refractivity contribution is 0.295. The fourth-order valence-corrected chi connectivity index (χ4v) is 1.28. The van der Waals surface area contributed by atoms with Crippen LogP contribution in [0.5, 0.6) is 0 Å². The molecular formula is C9H15NO2. The number of nitrogens with one attached hydrogen (secondary N) is 1. The van der Waals surface area contributed by atoms with Crippen molar-refractivity contribution in [1.29, 1.82) is 0 Å². The number of aliphatic hydroxyl groups excluding tert-OH is 2. The number of hydrogen-bond donors (Lipinski definition) is 3. The Morgan fingerprint density at radius 1 is 1.58 bits per heavy atom. The van der Waals surface area contributed by atoms with Gasteiger partial charge in [0.1, 0.15) is 5.76 Å². The quantitative estimate of drug-likeness (QED) is 0.592.